The topological polar surface area (TPSA) is 113 Å². The summed E-state index contributed by atoms with van der Waals surface area (Å²) in [7, 11) is 0. The molecule has 1 fully saturated rings. The highest BCUT2D eigenvalue weighted by atomic mass is 127. The van der Waals surface area contributed by atoms with Crippen molar-refractivity contribution >= 4 is 34.4 Å². The summed E-state index contributed by atoms with van der Waals surface area (Å²) in [6, 6.07) is 6.40. The number of carbonyl (C=O) groups excluding carboxylic acids is 2. The molecule has 0 saturated carbocycles. The van der Waals surface area contributed by atoms with E-state index in [-0.39, 0.29) is 30.7 Å². The Bertz CT molecular complexity index is 1160. The number of rotatable bonds is 7. The Hall–Kier alpha value is -2.73. The van der Waals surface area contributed by atoms with Crippen LogP contribution >= 0.6 is 22.6 Å². The SMILES string of the molecule is Cc1ncoc1-c1ccc(CNC(=O)C2CC(O)CN2C(=O)C(C(C)C)n2cc(I)cn2)cc1. The van der Waals surface area contributed by atoms with E-state index in [1.807, 2.05) is 51.2 Å². The van der Waals surface area contributed by atoms with Crippen molar-refractivity contribution in [2.75, 3.05) is 6.54 Å². The zero-order valence-corrected chi connectivity index (χ0v) is 21.5. The molecule has 0 aliphatic carbocycles. The summed E-state index contributed by atoms with van der Waals surface area (Å²) in [5, 5.41) is 17.5. The fraction of sp³-hybridized carbons (Fsp3) is 0.417. The highest BCUT2D eigenvalue weighted by Gasteiger charge is 2.42. The third kappa shape index (κ3) is 5.17. The standard InChI is InChI=1S/C24H28IN5O4/c1-14(2)21(30-11-18(25)10-28-30)24(33)29-12-19(31)8-20(29)23(32)26-9-16-4-6-17(7-5-16)22-15(3)27-13-34-22/h4-7,10-11,13-14,19-21,31H,8-9,12H2,1-3H3,(H,26,32). The number of hydrogen-bond acceptors (Lipinski definition) is 6. The van der Waals surface area contributed by atoms with Gasteiger partial charge in [-0.15, -0.1) is 0 Å². The second kappa shape index (κ2) is 10.3. The van der Waals surface area contributed by atoms with Gasteiger partial charge in [-0.3, -0.25) is 14.3 Å². The van der Waals surface area contributed by atoms with Crippen molar-refractivity contribution in [1.82, 2.24) is 25.0 Å². The van der Waals surface area contributed by atoms with E-state index in [0.717, 1.165) is 26.2 Å². The Morgan fingerprint density at radius 3 is 2.62 bits per heavy atom. The molecule has 9 nitrogen and oxygen atoms in total. The van der Waals surface area contributed by atoms with Crippen LogP contribution < -0.4 is 5.32 Å². The number of hydrogen-bond donors (Lipinski definition) is 2. The maximum Gasteiger partial charge on any atom is 0.248 e. The second-order valence-corrected chi connectivity index (χ2v) is 10.2. The minimum absolute atomic E-state index is 0.0313. The monoisotopic (exact) mass is 577 g/mol. The number of benzene rings is 1. The first-order valence-electron chi connectivity index (χ1n) is 11.2. The van der Waals surface area contributed by atoms with Crippen molar-refractivity contribution in [1.29, 1.82) is 0 Å². The molecule has 0 spiro atoms. The number of likely N-dealkylation sites (tertiary alicyclic amines) is 1. The molecule has 1 aliphatic rings. The molecule has 3 heterocycles. The number of β-amino-alcohol motifs (C(OH)–C–C–N with tert-alkyl or cyclic N) is 1. The number of halogens is 1. The predicted molar refractivity (Wildman–Crippen MR) is 133 cm³/mol. The summed E-state index contributed by atoms with van der Waals surface area (Å²) in [6.07, 6.45) is 4.40. The highest BCUT2D eigenvalue weighted by molar-refractivity contribution is 14.1. The summed E-state index contributed by atoms with van der Waals surface area (Å²) in [4.78, 5) is 32.1. The number of aliphatic hydroxyl groups excluding tert-OH is 1. The Morgan fingerprint density at radius 2 is 2.03 bits per heavy atom. The minimum atomic E-state index is -0.741. The summed E-state index contributed by atoms with van der Waals surface area (Å²) in [5.41, 5.74) is 2.64. The number of aliphatic hydroxyl groups is 1. The zero-order chi connectivity index (χ0) is 24.4. The molecular formula is C24H28IN5O4. The molecule has 3 aromatic rings. The maximum atomic E-state index is 13.5. The molecule has 180 valence electrons. The van der Waals surface area contributed by atoms with E-state index in [1.54, 1.807) is 10.9 Å². The predicted octanol–water partition coefficient (Wildman–Crippen LogP) is 2.93. The van der Waals surface area contributed by atoms with Gasteiger partial charge in [0.1, 0.15) is 12.1 Å². The van der Waals surface area contributed by atoms with Crippen LogP contribution in [0.1, 0.15) is 37.6 Å². The number of aryl methyl sites for hydroxylation is 1. The van der Waals surface area contributed by atoms with Crippen molar-refractivity contribution in [3.63, 3.8) is 0 Å². The van der Waals surface area contributed by atoms with Crippen LogP contribution in [0.5, 0.6) is 0 Å². The van der Waals surface area contributed by atoms with Gasteiger partial charge in [0.15, 0.2) is 12.2 Å². The van der Waals surface area contributed by atoms with E-state index < -0.39 is 18.2 Å². The molecule has 1 aromatic carbocycles. The van der Waals surface area contributed by atoms with Gasteiger partial charge < -0.3 is 19.7 Å². The summed E-state index contributed by atoms with van der Waals surface area (Å²) >= 11 is 2.15. The van der Waals surface area contributed by atoms with E-state index in [1.165, 1.54) is 11.3 Å². The van der Waals surface area contributed by atoms with Crippen LogP contribution in [0, 0.1) is 16.4 Å². The van der Waals surface area contributed by atoms with Gasteiger partial charge in [-0.1, -0.05) is 38.1 Å². The average Bonchev–Trinajstić information content (AvgIpc) is 3.52. The van der Waals surface area contributed by atoms with Crippen LogP contribution in [0.3, 0.4) is 0 Å². The van der Waals surface area contributed by atoms with E-state index in [0.29, 0.717) is 6.54 Å². The van der Waals surface area contributed by atoms with Crippen LogP contribution in [0.15, 0.2) is 47.5 Å². The summed E-state index contributed by atoms with van der Waals surface area (Å²) < 4.78 is 7.99. The fourth-order valence-electron chi connectivity index (χ4n) is 4.31. The number of carbonyl (C=O) groups is 2. The minimum Gasteiger partial charge on any atom is -0.443 e. The molecular weight excluding hydrogens is 549 g/mol. The molecule has 1 saturated heterocycles. The molecule has 0 radical (unpaired) electrons. The van der Waals surface area contributed by atoms with Gasteiger partial charge in [0, 0.05) is 31.3 Å². The lowest BCUT2D eigenvalue weighted by molar-refractivity contribution is -0.142. The first-order valence-corrected chi connectivity index (χ1v) is 12.3. The third-order valence-corrected chi connectivity index (χ3v) is 6.59. The van der Waals surface area contributed by atoms with Gasteiger partial charge in [0.05, 0.1) is 21.6 Å². The Kier molecular flexibility index (Phi) is 7.36. The molecule has 3 unspecified atom stereocenters. The van der Waals surface area contributed by atoms with Gasteiger partial charge in [0.2, 0.25) is 11.8 Å². The Balaban J connectivity index is 1.43. The van der Waals surface area contributed by atoms with Crippen LogP contribution in [0.4, 0.5) is 0 Å². The number of oxazole rings is 1. The van der Waals surface area contributed by atoms with Gasteiger partial charge in [-0.2, -0.15) is 5.10 Å². The van der Waals surface area contributed by atoms with Gasteiger partial charge in [-0.05, 0) is 41.0 Å². The lowest BCUT2D eigenvalue weighted by Gasteiger charge is -2.30. The van der Waals surface area contributed by atoms with Crippen molar-refractivity contribution in [3.05, 3.63) is 57.9 Å². The van der Waals surface area contributed by atoms with Crippen LogP contribution in [-0.2, 0) is 16.1 Å². The molecule has 2 aromatic heterocycles. The Morgan fingerprint density at radius 1 is 1.29 bits per heavy atom. The van der Waals surface area contributed by atoms with Gasteiger partial charge >= 0.3 is 0 Å². The molecule has 10 heteroatoms. The van der Waals surface area contributed by atoms with E-state index in [9.17, 15) is 14.7 Å². The normalized spacial score (nSPS) is 18.9. The lowest BCUT2D eigenvalue weighted by atomic mass is 10.0. The summed E-state index contributed by atoms with van der Waals surface area (Å²) in [5.74, 6) is 0.197. The quantitative estimate of drug-likeness (QED) is 0.418. The van der Waals surface area contributed by atoms with Crippen molar-refractivity contribution < 1.29 is 19.1 Å². The third-order valence-electron chi connectivity index (χ3n) is 6.03. The zero-order valence-electron chi connectivity index (χ0n) is 19.3. The largest absolute Gasteiger partial charge is 0.443 e. The lowest BCUT2D eigenvalue weighted by Crippen LogP contribution is -2.49. The van der Waals surface area contributed by atoms with Crippen molar-refractivity contribution in [2.24, 2.45) is 5.92 Å². The van der Waals surface area contributed by atoms with Gasteiger partial charge in [0.25, 0.3) is 0 Å². The molecule has 4 rings (SSSR count). The van der Waals surface area contributed by atoms with Gasteiger partial charge in [-0.25, -0.2) is 4.98 Å². The number of nitrogens with zero attached hydrogens (tertiary/aromatic N) is 4. The number of amides is 2. The van der Waals surface area contributed by atoms with Crippen molar-refractivity contribution in [3.8, 4) is 11.3 Å². The Labute approximate surface area is 211 Å². The molecule has 34 heavy (non-hydrogen) atoms. The number of aromatic nitrogens is 3. The molecule has 1 aliphatic heterocycles. The molecule has 2 amide bonds. The first kappa shape index (κ1) is 24.4. The fourth-order valence-corrected chi connectivity index (χ4v) is 4.72. The number of nitrogens with one attached hydrogen (secondary N) is 1. The smallest absolute Gasteiger partial charge is 0.248 e. The summed E-state index contributed by atoms with van der Waals surface area (Å²) in [6.45, 7) is 6.22. The maximum absolute atomic E-state index is 13.5. The molecule has 2 N–H and O–H groups in total. The van der Waals surface area contributed by atoms with Crippen LogP contribution in [0.2, 0.25) is 0 Å². The molecule has 3 atom stereocenters. The average molecular weight is 577 g/mol. The first-order chi connectivity index (χ1) is 16.2. The molecule has 0 bridgehead atoms. The van der Waals surface area contributed by atoms with E-state index in [2.05, 4.69) is 38.0 Å². The van der Waals surface area contributed by atoms with E-state index in [4.69, 9.17) is 4.42 Å². The van der Waals surface area contributed by atoms with Crippen LogP contribution in [0.25, 0.3) is 11.3 Å². The second-order valence-electron chi connectivity index (χ2n) is 8.90. The van der Waals surface area contributed by atoms with Crippen molar-refractivity contribution in [2.45, 2.75) is 51.9 Å². The van der Waals surface area contributed by atoms with Crippen LogP contribution in [-0.4, -0.2) is 55.3 Å². The van der Waals surface area contributed by atoms with E-state index >= 15 is 0 Å². The highest BCUT2D eigenvalue weighted by Crippen LogP contribution is 2.27.